The lowest BCUT2D eigenvalue weighted by Gasteiger charge is -2.11. The molecule has 0 aliphatic carbocycles. The Morgan fingerprint density at radius 2 is 1.83 bits per heavy atom. The van der Waals surface area contributed by atoms with Crippen molar-refractivity contribution in [1.29, 1.82) is 0 Å². The number of rotatable bonds is 3. The van der Waals surface area contributed by atoms with Gasteiger partial charge in [-0.05, 0) is 42.3 Å². The van der Waals surface area contributed by atoms with Gasteiger partial charge in [-0.25, -0.2) is 8.78 Å². The Morgan fingerprint density at radius 3 is 2.44 bits per heavy atom. The second-order valence-corrected chi connectivity index (χ2v) is 4.23. The summed E-state index contributed by atoms with van der Waals surface area (Å²) in [7, 11) is 0. The molecule has 1 atom stereocenters. The molecule has 0 bridgehead atoms. The van der Waals surface area contributed by atoms with Crippen LogP contribution >= 0.6 is 0 Å². The molecule has 0 aliphatic rings. The van der Waals surface area contributed by atoms with E-state index >= 15 is 0 Å². The van der Waals surface area contributed by atoms with Gasteiger partial charge in [0.2, 0.25) is 0 Å². The Hall–Kier alpha value is -1.81. The average Bonchev–Trinajstić information content (AvgIpc) is 2.27. The molecule has 1 heterocycles. The zero-order valence-electron chi connectivity index (χ0n) is 9.90. The molecule has 2 rings (SSSR count). The van der Waals surface area contributed by atoms with Gasteiger partial charge in [0.15, 0.2) is 0 Å². The van der Waals surface area contributed by atoms with Crippen LogP contribution in [0.1, 0.15) is 22.9 Å². The van der Waals surface area contributed by atoms with Crippen molar-refractivity contribution in [2.45, 2.75) is 19.4 Å². The number of benzene rings is 1. The molecule has 2 nitrogen and oxygen atoms in total. The van der Waals surface area contributed by atoms with Crippen LogP contribution in [0.25, 0.3) is 0 Å². The molecule has 4 heteroatoms. The largest absolute Gasteiger partial charge is 0.388 e. The third-order valence-corrected chi connectivity index (χ3v) is 2.66. The first kappa shape index (κ1) is 12.6. The van der Waals surface area contributed by atoms with Gasteiger partial charge >= 0.3 is 0 Å². The summed E-state index contributed by atoms with van der Waals surface area (Å²) in [5.74, 6) is -1.27. The topological polar surface area (TPSA) is 33.1 Å². The van der Waals surface area contributed by atoms with Crippen LogP contribution in [0, 0.1) is 18.6 Å². The van der Waals surface area contributed by atoms with Crippen LogP contribution in [0.2, 0.25) is 0 Å². The number of halogens is 2. The van der Waals surface area contributed by atoms with E-state index in [1.165, 1.54) is 12.1 Å². The predicted octanol–water partition coefficient (Wildman–Crippen LogP) is 2.94. The molecular formula is C14H13F2NO. The third kappa shape index (κ3) is 3.11. The second kappa shape index (κ2) is 5.23. The number of aliphatic hydroxyl groups excluding tert-OH is 1. The number of hydrogen-bond donors (Lipinski definition) is 1. The first-order chi connectivity index (χ1) is 8.54. The van der Waals surface area contributed by atoms with Crippen molar-refractivity contribution in [2.75, 3.05) is 0 Å². The Bertz CT molecular complexity index is 537. The summed E-state index contributed by atoms with van der Waals surface area (Å²) in [6.45, 7) is 1.82. The van der Waals surface area contributed by atoms with E-state index < -0.39 is 17.7 Å². The Balaban J connectivity index is 2.18. The standard InChI is InChI=1S/C14H13F2NO/c1-9-4-11(2-3-17-9)14(18)7-10-5-12(15)8-13(16)6-10/h2-6,8,14,18H,7H2,1H3. The van der Waals surface area contributed by atoms with Crippen molar-refractivity contribution in [3.8, 4) is 0 Å². The van der Waals surface area contributed by atoms with Gasteiger partial charge in [0.25, 0.3) is 0 Å². The minimum atomic E-state index is -0.798. The van der Waals surface area contributed by atoms with Crippen molar-refractivity contribution in [3.63, 3.8) is 0 Å². The van der Waals surface area contributed by atoms with Gasteiger partial charge in [-0.1, -0.05) is 0 Å². The van der Waals surface area contributed by atoms with Crippen LogP contribution in [0.3, 0.4) is 0 Å². The van der Waals surface area contributed by atoms with E-state index in [9.17, 15) is 13.9 Å². The molecule has 0 spiro atoms. The van der Waals surface area contributed by atoms with E-state index in [0.29, 0.717) is 11.1 Å². The highest BCUT2D eigenvalue weighted by atomic mass is 19.1. The number of aryl methyl sites for hydroxylation is 1. The van der Waals surface area contributed by atoms with E-state index in [0.717, 1.165) is 11.8 Å². The van der Waals surface area contributed by atoms with Gasteiger partial charge in [-0.3, -0.25) is 4.98 Å². The van der Waals surface area contributed by atoms with Crippen molar-refractivity contribution < 1.29 is 13.9 Å². The van der Waals surface area contributed by atoms with Gasteiger partial charge in [0.05, 0.1) is 6.10 Å². The fourth-order valence-corrected chi connectivity index (χ4v) is 1.84. The van der Waals surface area contributed by atoms with Crippen LogP contribution in [-0.4, -0.2) is 10.1 Å². The summed E-state index contributed by atoms with van der Waals surface area (Å²) in [5, 5.41) is 10.0. The number of aromatic nitrogens is 1. The zero-order valence-corrected chi connectivity index (χ0v) is 9.90. The normalized spacial score (nSPS) is 12.4. The molecule has 0 fully saturated rings. The smallest absolute Gasteiger partial charge is 0.126 e. The summed E-state index contributed by atoms with van der Waals surface area (Å²) >= 11 is 0. The van der Waals surface area contributed by atoms with Gasteiger partial charge in [-0.15, -0.1) is 0 Å². The Labute approximate surface area is 104 Å². The van der Waals surface area contributed by atoms with Crippen molar-refractivity contribution in [1.82, 2.24) is 4.98 Å². The molecule has 0 saturated carbocycles. The van der Waals surface area contributed by atoms with E-state index in [1.807, 2.05) is 6.92 Å². The van der Waals surface area contributed by atoms with E-state index in [2.05, 4.69) is 4.98 Å². The summed E-state index contributed by atoms with van der Waals surface area (Å²) in [4.78, 5) is 4.03. The van der Waals surface area contributed by atoms with Crippen LogP contribution in [-0.2, 0) is 6.42 Å². The first-order valence-corrected chi connectivity index (χ1v) is 5.60. The van der Waals surface area contributed by atoms with Crippen LogP contribution in [0.4, 0.5) is 8.78 Å². The molecule has 18 heavy (non-hydrogen) atoms. The highest BCUT2D eigenvalue weighted by molar-refractivity contribution is 5.23. The van der Waals surface area contributed by atoms with Gasteiger partial charge < -0.3 is 5.11 Å². The van der Waals surface area contributed by atoms with Gasteiger partial charge in [0, 0.05) is 24.4 Å². The highest BCUT2D eigenvalue weighted by Gasteiger charge is 2.10. The monoisotopic (exact) mass is 249 g/mol. The Morgan fingerprint density at radius 1 is 1.17 bits per heavy atom. The van der Waals surface area contributed by atoms with Crippen LogP contribution in [0.5, 0.6) is 0 Å². The van der Waals surface area contributed by atoms with Gasteiger partial charge in [0.1, 0.15) is 11.6 Å². The lowest BCUT2D eigenvalue weighted by atomic mass is 10.0. The minimum absolute atomic E-state index is 0.165. The van der Waals surface area contributed by atoms with E-state index in [-0.39, 0.29) is 6.42 Å². The lowest BCUT2D eigenvalue weighted by molar-refractivity contribution is 0.178. The zero-order chi connectivity index (χ0) is 13.1. The summed E-state index contributed by atoms with van der Waals surface area (Å²) in [6, 6.07) is 6.70. The van der Waals surface area contributed by atoms with E-state index in [1.54, 1.807) is 18.3 Å². The van der Waals surface area contributed by atoms with Crippen molar-refractivity contribution in [3.05, 3.63) is 65.0 Å². The Kier molecular flexibility index (Phi) is 3.67. The molecule has 0 radical (unpaired) electrons. The molecule has 0 saturated heterocycles. The molecule has 94 valence electrons. The minimum Gasteiger partial charge on any atom is -0.388 e. The highest BCUT2D eigenvalue weighted by Crippen LogP contribution is 2.19. The molecule has 1 N–H and O–H groups in total. The quantitative estimate of drug-likeness (QED) is 0.907. The summed E-state index contributed by atoms with van der Waals surface area (Å²) < 4.78 is 26.0. The molecule has 1 aromatic carbocycles. The van der Waals surface area contributed by atoms with Crippen molar-refractivity contribution >= 4 is 0 Å². The maximum atomic E-state index is 13.0. The number of nitrogens with zero attached hydrogens (tertiary/aromatic N) is 1. The molecule has 2 aromatic rings. The lowest BCUT2D eigenvalue weighted by Crippen LogP contribution is -2.03. The summed E-state index contributed by atoms with van der Waals surface area (Å²) in [6.07, 6.45) is 0.964. The molecule has 0 amide bonds. The average molecular weight is 249 g/mol. The van der Waals surface area contributed by atoms with Crippen LogP contribution in [0.15, 0.2) is 36.5 Å². The molecule has 1 aromatic heterocycles. The third-order valence-electron chi connectivity index (χ3n) is 2.66. The van der Waals surface area contributed by atoms with Gasteiger partial charge in [-0.2, -0.15) is 0 Å². The fourth-order valence-electron chi connectivity index (χ4n) is 1.84. The predicted molar refractivity (Wildman–Crippen MR) is 64.0 cm³/mol. The molecular weight excluding hydrogens is 236 g/mol. The SMILES string of the molecule is Cc1cc(C(O)Cc2cc(F)cc(F)c2)ccn1. The number of aliphatic hydroxyl groups is 1. The van der Waals surface area contributed by atoms with Crippen LogP contribution < -0.4 is 0 Å². The fraction of sp³-hybridized carbons (Fsp3) is 0.214. The number of pyridine rings is 1. The second-order valence-electron chi connectivity index (χ2n) is 4.23. The van der Waals surface area contributed by atoms with E-state index in [4.69, 9.17) is 0 Å². The maximum absolute atomic E-state index is 13.0. The maximum Gasteiger partial charge on any atom is 0.126 e. The number of hydrogen-bond acceptors (Lipinski definition) is 2. The molecule has 0 aliphatic heterocycles. The molecule has 1 unspecified atom stereocenters. The first-order valence-electron chi connectivity index (χ1n) is 5.60. The van der Waals surface area contributed by atoms with Crippen molar-refractivity contribution in [2.24, 2.45) is 0 Å². The summed E-state index contributed by atoms with van der Waals surface area (Å²) in [5.41, 5.74) is 1.90.